The molecule has 5 nitrogen and oxygen atoms in total. The van der Waals surface area contributed by atoms with Crippen molar-refractivity contribution in [3.05, 3.63) is 65.2 Å². The van der Waals surface area contributed by atoms with Gasteiger partial charge in [0.15, 0.2) is 0 Å². The fourth-order valence-corrected chi connectivity index (χ4v) is 3.87. The molecule has 0 bridgehead atoms. The zero-order chi connectivity index (χ0) is 21.6. The number of nitrogens with one attached hydrogen (secondary N) is 3. The minimum atomic E-state index is -0.0669. The number of anilines is 1. The number of carbonyl (C=O) groups excluding carboxylic acids is 2. The van der Waals surface area contributed by atoms with Crippen LogP contribution in [0, 0.1) is 12.8 Å². The van der Waals surface area contributed by atoms with E-state index < -0.39 is 0 Å². The Morgan fingerprint density at radius 2 is 1.77 bits per heavy atom. The van der Waals surface area contributed by atoms with Gasteiger partial charge in [0.1, 0.15) is 0 Å². The average Bonchev–Trinajstić information content (AvgIpc) is 2.71. The summed E-state index contributed by atoms with van der Waals surface area (Å²) < 4.78 is 0. The summed E-state index contributed by atoms with van der Waals surface area (Å²) in [6.07, 6.45) is 3.44. The minimum absolute atomic E-state index is 0.0182. The Hall–Kier alpha value is -2.82. The van der Waals surface area contributed by atoms with Crippen LogP contribution >= 0.6 is 0 Å². The SMILES string of the molecule is Cc1cc(C(=O)NCC(C)C)ccc1NCC(=O)NCC1(c2ccccc2)CCC1. The molecule has 2 aromatic carbocycles. The maximum atomic E-state index is 12.4. The van der Waals surface area contributed by atoms with Gasteiger partial charge in [-0.2, -0.15) is 0 Å². The Kier molecular flexibility index (Phi) is 7.14. The van der Waals surface area contributed by atoms with E-state index in [4.69, 9.17) is 0 Å². The monoisotopic (exact) mass is 407 g/mol. The molecule has 2 aromatic rings. The Morgan fingerprint density at radius 1 is 1.03 bits per heavy atom. The van der Waals surface area contributed by atoms with E-state index in [1.807, 2.05) is 25.1 Å². The quantitative estimate of drug-likeness (QED) is 0.588. The van der Waals surface area contributed by atoms with Crippen LogP contribution in [0.1, 0.15) is 54.6 Å². The molecular weight excluding hydrogens is 374 g/mol. The summed E-state index contributed by atoms with van der Waals surface area (Å²) in [5, 5.41) is 9.23. The van der Waals surface area contributed by atoms with Crippen LogP contribution in [0.3, 0.4) is 0 Å². The second kappa shape index (κ2) is 9.79. The normalized spacial score (nSPS) is 14.7. The summed E-state index contributed by atoms with van der Waals surface area (Å²) in [7, 11) is 0. The highest BCUT2D eigenvalue weighted by atomic mass is 16.2. The van der Waals surface area contributed by atoms with Gasteiger partial charge in [-0.05, 0) is 55.0 Å². The van der Waals surface area contributed by atoms with Crippen molar-refractivity contribution in [2.75, 3.05) is 25.0 Å². The number of carbonyl (C=O) groups is 2. The van der Waals surface area contributed by atoms with Crippen molar-refractivity contribution in [3.8, 4) is 0 Å². The molecule has 0 aliphatic heterocycles. The predicted molar refractivity (Wildman–Crippen MR) is 122 cm³/mol. The van der Waals surface area contributed by atoms with Gasteiger partial charge >= 0.3 is 0 Å². The van der Waals surface area contributed by atoms with Gasteiger partial charge in [0.25, 0.3) is 5.91 Å². The van der Waals surface area contributed by atoms with Crippen molar-refractivity contribution in [1.82, 2.24) is 10.6 Å². The van der Waals surface area contributed by atoms with E-state index in [-0.39, 0.29) is 23.8 Å². The molecule has 0 radical (unpaired) electrons. The third kappa shape index (κ3) is 5.41. The molecule has 0 aromatic heterocycles. The highest BCUT2D eigenvalue weighted by Gasteiger charge is 2.38. The number of hydrogen-bond donors (Lipinski definition) is 3. The van der Waals surface area contributed by atoms with Crippen LogP contribution in [0.4, 0.5) is 5.69 Å². The highest BCUT2D eigenvalue weighted by Crippen LogP contribution is 2.43. The first-order valence-electron chi connectivity index (χ1n) is 10.8. The molecule has 0 saturated heterocycles. The molecule has 1 saturated carbocycles. The van der Waals surface area contributed by atoms with Gasteiger partial charge in [-0.1, -0.05) is 50.6 Å². The number of hydrogen-bond acceptors (Lipinski definition) is 3. The smallest absolute Gasteiger partial charge is 0.251 e. The average molecular weight is 408 g/mol. The molecule has 160 valence electrons. The van der Waals surface area contributed by atoms with Crippen molar-refractivity contribution >= 4 is 17.5 Å². The minimum Gasteiger partial charge on any atom is -0.376 e. The Labute approximate surface area is 179 Å². The third-order valence-corrected chi connectivity index (χ3v) is 5.92. The lowest BCUT2D eigenvalue weighted by Crippen LogP contribution is -2.46. The fraction of sp³-hybridized carbons (Fsp3) is 0.440. The molecule has 2 amide bonds. The Balaban J connectivity index is 1.50. The summed E-state index contributed by atoms with van der Waals surface area (Å²) in [6.45, 7) is 7.61. The largest absolute Gasteiger partial charge is 0.376 e. The first-order chi connectivity index (χ1) is 14.4. The van der Waals surface area contributed by atoms with Crippen molar-refractivity contribution in [2.45, 2.75) is 45.4 Å². The predicted octanol–water partition coefficient (Wildman–Crippen LogP) is 4.03. The van der Waals surface area contributed by atoms with Crippen molar-refractivity contribution in [1.29, 1.82) is 0 Å². The van der Waals surface area contributed by atoms with Crippen molar-refractivity contribution in [3.63, 3.8) is 0 Å². The van der Waals surface area contributed by atoms with E-state index in [0.717, 1.165) is 24.1 Å². The maximum absolute atomic E-state index is 12.4. The van der Waals surface area contributed by atoms with E-state index in [0.29, 0.717) is 24.6 Å². The lowest BCUT2D eigenvalue weighted by molar-refractivity contribution is -0.119. The van der Waals surface area contributed by atoms with Crippen molar-refractivity contribution < 1.29 is 9.59 Å². The molecular formula is C25H33N3O2. The van der Waals surface area contributed by atoms with Gasteiger partial charge in [-0.15, -0.1) is 0 Å². The van der Waals surface area contributed by atoms with E-state index in [1.54, 1.807) is 6.07 Å². The Morgan fingerprint density at radius 3 is 2.37 bits per heavy atom. The van der Waals surface area contributed by atoms with Gasteiger partial charge < -0.3 is 16.0 Å². The van der Waals surface area contributed by atoms with Crippen LogP contribution < -0.4 is 16.0 Å². The summed E-state index contributed by atoms with van der Waals surface area (Å²) in [4.78, 5) is 24.6. The van der Waals surface area contributed by atoms with Crippen LogP contribution in [-0.2, 0) is 10.2 Å². The van der Waals surface area contributed by atoms with Crippen LogP contribution in [-0.4, -0.2) is 31.4 Å². The zero-order valence-electron chi connectivity index (χ0n) is 18.3. The highest BCUT2D eigenvalue weighted by molar-refractivity contribution is 5.95. The van der Waals surface area contributed by atoms with E-state index in [2.05, 4.69) is 54.1 Å². The van der Waals surface area contributed by atoms with Crippen LogP contribution in [0.15, 0.2) is 48.5 Å². The van der Waals surface area contributed by atoms with Gasteiger partial charge in [0, 0.05) is 29.8 Å². The molecule has 1 aliphatic rings. The van der Waals surface area contributed by atoms with Gasteiger partial charge in [-0.25, -0.2) is 0 Å². The standard InChI is InChI=1S/C25H33N3O2/c1-18(2)15-27-24(30)20-10-11-22(19(3)14-20)26-16-23(29)28-17-25(12-7-13-25)21-8-5-4-6-9-21/h4-6,8-11,14,18,26H,7,12-13,15-17H2,1-3H3,(H,27,30)(H,28,29). The topological polar surface area (TPSA) is 70.2 Å². The molecule has 0 atom stereocenters. The number of aryl methyl sites for hydroxylation is 1. The lowest BCUT2D eigenvalue weighted by Gasteiger charge is -2.42. The fourth-order valence-electron chi connectivity index (χ4n) is 3.87. The third-order valence-electron chi connectivity index (χ3n) is 5.92. The number of benzene rings is 2. The summed E-state index contributed by atoms with van der Waals surface area (Å²) in [5.41, 5.74) is 3.84. The van der Waals surface area contributed by atoms with Crippen LogP contribution in [0.25, 0.3) is 0 Å². The summed E-state index contributed by atoms with van der Waals surface area (Å²) in [5.74, 6) is 0.327. The number of amides is 2. The van der Waals surface area contributed by atoms with Gasteiger partial charge in [0.2, 0.25) is 5.91 Å². The molecule has 1 fully saturated rings. The summed E-state index contributed by atoms with van der Waals surface area (Å²) in [6, 6.07) is 16.0. The molecule has 30 heavy (non-hydrogen) atoms. The van der Waals surface area contributed by atoms with Crippen LogP contribution in [0.2, 0.25) is 0 Å². The molecule has 5 heteroatoms. The lowest BCUT2D eigenvalue weighted by atomic mass is 9.64. The first kappa shape index (κ1) is 21.9. The summed E-state index contributed by atoms with van der Waals surface area (Å²) >= 11 is 0. The maximum Gasteiger partial charge on any atom is 0.251 e. The van der Waals surface area contributed by atoms with E-state index in [1.165, 1.54) is 12.0 Å². The molecule has 3 rings (SSSR count). The Bertz CT molecular complexity index is 873. The molecule has 0 heterocycles. The first-order valence-corrected chi connectivity index (χ1v) is 10.8. The van der Waals surface area contributed by atoms with Gasteiger partial charge in [0.05, 0.1) is 6.54 Å². The second-order valence-electron chi connectivity index (χ2n) is 8.76. The molecule has 0 spiro atoms. The van der Waals surface area contributed by atoms with Crippen LogP contribution in [0.5, 0.6) is 0 Å². The van der Waals surface area contributed by atoms with E-state index >= 15 is 0 Å². The molecule has 1 aliphatic carbocycles. The zero-order valence-corrected chi connectivity index (χ0v) is 18.3. The van der Waals surface area contributed by atoms with E-state index in [9.17, 15) is 9.59 Å². The number of rotatable bonds is 9. The second-order valence-corrected chi connectivity index (χ2v) is 8.76. The van der Waals surface area contributed by atoms with Crippen molar-refractivity contribution in [2.24, 2.45) is 5.92 Å². The molecule has 3 N–H and O–H groups in total. The van der Waals surface area contributed by atoms with Gasteiger partial charge in [-0.3, -0.25) is 9.59 Å². The molecule has 0 unspecified atom stereocenters.